The Bertz CT molecular complexity index is 6.00. The monoisotopic (exact) mass is 254 g/mol. The van der Waals surface area contributed by atoms with Crippen molar-refractivity contribution >= 4 is 27.3 Å². The molecule has 0 spiro atoms. The molecule has 22 valence electrons. The Balaban J connectivity index is 0. The van der Waals surface area contributed by atoms with Gasteiger partial charge in [-0.3, -0.25) is 0 Å². The van der Waals surface area contributed by atoms with E-state index in [1.165, 1.54) is 0 Å². The minimum Gasteiger partial charge on any atom is -0.358 e. The summed E-state index contributed by atoms with van der Waals surface area (Å²) in [4.78, 5) is 0. The van der Waals surface area contributed by atoms with Crippen LogP contribution in [0.2, 0.25) is 0 Å². The van der Waals surface area contributed by atoms with Crippen molar-refractivity contribution in [3.63, 3.8) is 0 Å². The van der Waals surface area contributed by atoms with Gasteiger partial charge in [-0.05, 0) is 6.92 Å². The molecule has 0 aliphatic carbocycles. The number of hydrogen-bond donors (Lipinski definition) is 1. The summed E-state index contributed by atoms with van der Waals surface area (Å²) < 4.78 is 0. The van der Waals surface area contributed by atoms with E-state index in [2.05, 4.69) is 5.73 Å². The van der Waals surface area contributed by atoms with Gasteiger partial charge in [0.25, 0.3) is 0 Å². The van der Waals surface area contributed by atoms with Crippen LogP contribution in [-0.4, -0.2) is 33.8 Å². The number of quaternary nitrogens is 1. The molecule has 4 heavy (non-hydrogen) atoms. The van der Waals surface area contributed by atoms with Crippen LogP contribution in [0.3, 0.4) is 0 Å². The Morgan fingerprint density at radius 1 is 1.75 bits per heavy atom. The van der Waals surface area contributed by atoms with Crippen molar-refractivity contribution in [2.75, 3.05) is 6.54 Å². The van der Waals surface area contributed by atoms with Gasteiger partial charge in [-0.15, -0.1) is 0 Å². The zero-order chi connectivity index (χ0) is 2.71. The summed E-state index contributed by atoms with van der Waals surface area (Å²) in [6.45, 7) is 3.01. The van der Waals surface area contributed by atoms with Crippen molar-refractivity contribution in [2.45, 2.75) is 6.92 Å². The number of rotatable bonds is 0. The fourth-order valence-electron chi connectivity index (χ4n) is 0. The normalized spacial score (nSPS) is 4.50. The van der Waals surface area contributed by atoms with Crippen LogP contribution in [0.25, 0.3) is 0 Å². The number of hydrogen-bond acceptors (Lipinski definition) is 0. The fraction of sp³-hybridized carbons (Fsp3) is 1.00. The van der Waals surface area contributed by atoms with Gasteiger partial charge in [0.15, 0.2) is 0 Å². The van der Waals surface area contributed by atoms with Crippen LogP contribution in [0.15, 0.2) is 0 Å². The van der Waals surface area contributed by atoms with Gasteiger partial charge in [-0.1, -0.05) is 0 Å². The Kier molecular flexibility index (Phi) is 20.2. The van der Waals surface area contributed by atoms with Crippen LogP contribution in [0.1, 0.15) is 6.92 Å². The standard InChI is InChI=1S/C2H7N.Pb/c1-2-3;/h2-3H2,1H3;/q;+2/p+1. The third kappa shape index (κ3) is 13.1. The first-order chi connectivity index (χ1) is 1.41. The van der Waals surface area contributed by atoms with Gasteiger partial charge in [0, 0.05) is 0 Å². The molecule has 0 aromatic rings. The van der Waals surface area contributed by atoms with E-state index in [0.29, 0.717) is 0 Å². The van der Waals surface area contributed by atoms with Crippen LogP contribution in [-0.2, 0) is 0 Å². The maximum absolute atomic E-state index is 3.49. The molecular weight excluding hydrogens is 245 g/mol. The molecule has 1 nitrogen and oxygen atoms in total. The molecule has 0 saturated heterocycles. The van der Waals surface area contributed by atoms with Crippen molar-refractivity contribution < 1.29 is 5.73 Å². The van der Waals surface area contributed by atoms with Gasteiger partial charge in [0.1, 0.15) is 0 Å². The van der Waals surface area contributed by atoms with E-state index in [9.17, 15) is 0 Å². The first-order valence-corrected chi connectivity index (χ1v) is 1.21. The van der Waals surface area contributed by atoms with Crippen LogP contribution in [0.5, 0.6) is 0 Å². The average molecular weight is 253 g/mol. The molecule has 0 fully saturated rings. The second-order valence-electron chi connectivity index (χ2n) is 0.500. The Morgan fingerprint density at radius 3 is 1.75 bits per heavy atom. The van der Waals surface area contributed by atoms with E-state index in [-0.39, 0.29) is 27.3 Å². The second-order valence-corrected chi connectivity index (χ2v) is 0.500. The quantitative estimate of drug-likeness (QED) is 0.529. The summed E-state index contributed by atoms with van der Waals surface area (Å²) in [5.74, 6) is 0. The molecular formula is C2H8NPb+3. The third-order valence-corrected chi connectivity index (χ3v) is 0. The van der Waals surface area contributed by atoms with Crippen molar-refractivity contribution in [1.29, 1.82) is 0 Å². The molecule has 2 heteroatoms. The van der Waals surface area contributed by atoms with Crippen molar-refractivity contribution in [3.05, 3.63) is 0 Å². The van der Waals surface area contributed by atoms with Crippen molar-refractivity contribution in [3.8, 4) is 0 Å². The smallest absolute Gasteiger partial charge is 0.358 e. The summed E-state index contributed by atoms with van der Waals surface area (Å²) in [5, 5.41) is 0. The van der Waals surface area contributed by atoms with Crippen molar-refractivity contribution in [2.24, 2.45) is 0 Å². The largest absolute Gasteiger partial charge is 2.00 e. The van der Waals surface area contributed by atoms with E-state index < -0.39 is 0 Å². The first kappa shape index (κ1) is 8.86. The van der Waals surface area contributed by atoms with Gasteiger partial charge in [-0.2, -0.15) is 0 Å². The molecule has 0 atom stereocenters. The average Bonchev–Trinajstić information content (AvgIpc) is 0.918. The molecule has 2 radical (unpaired) electrons. The van der Waals surface area contributed by atoms with E-state index in [1.54, 1.807) is 0 Å². The Labute approximate surface area is 46.7 Å². The van der Waals surface area contributed by atoms with E-state index in [0.717, 1.165) is 6.54 Å². The molecule has 0 bridgehead atoms. The summed E-state index contributed by atoms with van der Waals surface area (Å²) in [7, 11) is 0. The van der Waals surface area contributed by atoms with Gasteiger partial charge in [0.2, 0.25) is 0 Å². The van der Waals surface area contributed by atoms with E-state index in [4.69, 9.17) is 0 Å². The molecule has 0 aliphatic rings. The van der Waals surface area contributed by atoms with Crippen LogP contribution >= 0.6 is 0 Å². The maximum Gasteiger partial charge on any atom is 2.00 e. The first-order valence-electron chi connectivity index (χ1n) is 1.21. The van der Waals surface area contributed by atoms with Crippen molar-refractivity contribution in [1.82, 2.24) is 0 Å². The van der Waals surface area contributed by atoms with Crippen LogP contribution in [0.4, 0.5) is 0 Å². The molecule has 0 amide bonds. The summed E-state index contributed by atoms with van der Waals surface area (Å²) in [5.41, 5.74) is 3.49. The van der Waals surface area contributed by atoms with Gasteiger partial charge in [-0.25, -0.2) is 0 Å². The molecule has 0 saturated carbocycles. The SMILES string of the molecule is CC[NH3+].[Pb+2]. The summed E-state index contributed by atoms with van der Waals surface area (Å²) >= 11 is 0. The minimum absolute atomic E-state index is 0. The second kappa shape index (κ2) is 9.10. The molecule has 0 unspecified atom stereocenters. The third-order valence-electron chi connectivity index (χ3n) is 0. The predicted octanol–water partition coefficient (Wildman–Crippen LogP) is -1.13. The Hall–Kier alpha value is 0.882. The topological polar surface area (TPSA) is 27.6 Å². The molecule has 0 heterocycles. The van der Waals surface area contributed by atoms with E-state index in [1.807, 2.05) is 6.92 Å². The van der Waals surface area contributed by atoms with Gasteiger partial charge < -0.3 is 5.73 Å². The molecule has 0 aromatic carbocycles. The summed E-state index contributed by atoms with van der Waals surface area (Å²) in [6.07, 6.45) is 0. The maximum atomic E-state index is 3.49. The summed E-state index contributed by atoms with van der Waals surface area (Å²) in [6, 6.07) is 0. The molecule has 0 aliphatic heterocycles. The predicted molar refractivity (Wildman–Crippen MR) is 19.2 cm³/mol. The molecule has 0 aromatic heterocycles. The van der Waals surface area contributed by atoms with Crippen LogP contribution in [0, 0.1) is 0 Å². The molecule has 0 rings (SSSR count). The van der Waals surface area contributed by atoms with Crippen LogP contribution < -0.4 is 5.73 Å². The zero-order valence-corrected chi connectivity index (χ0v) is 6.80. The molecule has 3 N–H and O–H groups in total. The fourth-order valence-corrected chi connectivity index (χ4v) is 0. The van der Waals surface area contributed by atoms with E-state index >= 15 is 0 Å². The van der Waals surface area contributed by atoms with Gasteiger partial charge in [0.05, 0.1) is 6.54 Å². The zero-order valence-electron chi connectivity index (χ0n) is 2.91. The minimum atomic E-state index is 0. The van der Waals surface area contributed by atoms with Gasteiger partial charge >= 0.3 is 27.3 Å². The Morgan fingerprint density at radius 2 is 1.75 bits per heavy atom.